The summed E-state index contributed by atoms with van der Waals surface area (Å²) in [6.07, 6.45) is 0.998. The Morgan fingerprint density at radius 2 is 2.15 bits per heavy atom. The molecule has 0 unspecified atom stereocenters. The van der Waals surface area contributed by atoms with Crippen LogP contribution in [0, 0.1) is 0 Å². The van der Waals surface area contributed by atoms with Crippen molar-refractivity contribution in [1.82, 2.24) is 9.88 Å². The molecule has 0 spiro atoms. The van der Waals surface area contributed by atoms with Crippen LogP contribution in [0.15, 0.2) is 35.7 Å². The number of nitrogens with zero attached hydrogens (tertiary/aromatic N) is 3. The van der Waals surface area contributed by atoms with Gasteiger partial charge in [0, 0.05) is 26.2 Å². The second-order valence-electron chi connectivity index (χ2n) is 6.54. The van der Waals surface area contributed by atoms with E-state index in [0.717, 1.165) is 59.5 Å². The largest absolute Gasteiger partial charge is 0.379 e. The first kappa shape index (κ1) is 18.6. The molecule has 7 heteroatoms. The molecule has 0 N–H and O–H groups in total. The van der Waals surface area contributed by atoms with Gasteiger partial charge >= 0.3 is 0 Å². The van der Waals surface area contributed by atoms with Gasteiger partial charge < -0.3 is 4.74 Å². The smallest absolute Gasteiger partial charge is 0.270 e. The van der Waals surface area contributed by atoms with Gasteiger partial charge in [-0.25, -0.2) is 4.98 Å². The zero-order valence-corrected chi connectivity index (χ0v) is 17.0. The van der Waals surface area contributed by atoms with Crippen molar-refractivity contribution in [1.29, 1.82) is 0 Å². The number of ether oxygens (including phenoxy) is 1. The monoisotopic (exact) mass is 401 g/mol. The lowest BCUT2D eigenvalue weighted by atomic mass is 10.2. The molecule has 0 bridgehead atoms. The summed E-state index contributed by atoms with van der Waals surface area (Å²) in [6, 6.07) is 10.2. The highest BCUT2D eigenvalue weighted by Gasteiger charge is 2.23. The number of aryl methyl sites for hydroxylation is 1. The predicted octanol–water partition coefficient (Wildman–Crippen LogP) is 3.90. The molecule has 0 atom stereocenters. The van der Waals surface area contributed by atoms with Crippen molar-refractivity contribution in [3.05, 3.63) is 46.2 Å². The number of anilines is 1. The van der Waals surface area contributed by atoms with E-state index in [2.05, 4.69) is 30.0 Å². The zero-order valence-electron chi connectivity index (χ0n) is 15.4. The molecular weight excluding hydrogens is 378 g/mol. The van der Waals surface area contributed by atoms with Gasteiger partial charge in [0.25, 0.3) is 5.91 Å². The highest BCUT2D eigenvalue weighted by molar-refractivity contribution is 7.22. The van der Waals surface area contributed by atoms with Gasteiger partial charge in [-0.3, -0.25) is 14.6 Å². The number of carbonyl (C=O) groups excluding carboxylic acids is 1. The number of rotatable bonds is 6. The summed E-state index contributed by atoms with van der Waals surface area (Å²) in [5.41, 5.74) is 2.25. The summed E-state index contributed by atoms with van der Waals surface area (Å²) in [5.74, 6) is 0.0352. The Labute approximate surface area is 167 Å². The van der Waals surface area contributed by atoms with Crippen LogP contribution in [-0.4, -0.2) is 55.2 Å². The number of aromatic nitrogens is 1. The standard InChI is InChI=1S/C20H23N3O2S2/c1-2-15-5-6-16-18(14-15)27-20(21-16)23(19(24)17-4-3-13-26-17)8-7-22-9-11-25-12-10-22/h3-6,13-14H,2,7-12H2,1H3. The number of amides is 1. The van der Waals surface area contributed by atoms with E-state index in [1.807, 2.05) is 22.4 Å². The number of hydrogen-bond donors (Lipinski definition) is 0. The summed E-state index contributed by atoms with van der Waals surface area (Å²) >= 11 is 3.08. The fourth-order valence-corrected chi connectivity index (χ4v) is 4.90. The van der Waals surface area contributed by atoms with E-state index in [0.29, 0.717) is 6.54 Å². The molecule has 1 aliphatic heterocycles. The Morgan fingerprint density at radius 3 is 2.89 bits per heavy atom. The van der Waals surface area contributed by atoms with Crippen LogP contribution >= 0.6 is 22.7 Å². The minimum absolute atomic E-state index is 0.0352. The first-order valence-electron chi connectivity index (χ1n) is 9.29. The van der Waals surface area contributed by atoms with Crippen molar-refractivity contribution in [3.63, 3.8) is 0 Å². The van der Waals surface area contributed by atoms with Gasteiger partial charge in [-0.1, -0.05) is 30.4 Å². The fourth-order valence-electron chi connectivity index (χ4n) is 3.18. The van der Waals surface area contributed by atoms with E-state index >= 15 is 0 Å². The average molecular weight is 402 g/mol. The number of morpholine rings is 1. The lowest BCUT2D eigenvalue weighted by Crippen LogP contribution is -2.43. The summed E-state index contributed by atoms with van der Waals surface area (Å²) in [7, 11) is 0. The number of hydrogen-bond acceptors (Lipinski definition) is 6. The molecule has 1 saturated heterocycles. The van der Waals surface area contributed by atoms with Crippen LogP contribution in [0.2, 0.25) is 0 Å². The van der Waals surface area contributed by atoms with E-state index in [1.54, 1.807) is 11.3 Å². The molecule has 3 heterocycles. The maximum atomic E-state index is 13.1. The second-order valence-corrected chi connectivity index (χ2v) is 8.50. The number of benzene rings is 1. The molecule has 0 radical (unpaired) electrons. The predicted molar refractivity (Wildman–Crippen MR) is 112 cm³/mol. The quantitative estimate of drug-likeness (QED) is 0.628. The summed E-state index contributed by atoms with van der Waals surface area (Å²) < 4.78 is 6.57. The molecule has 2 aromatic heterocycles. The maximum absolute atomic E-state index is 13.1. The molecule has 0 saturated carbocycles. The van der Waals surface area contributed by atoms with Crippen LogP contribution in [0.4, 0.5) is 5.13 Å². The third-order valence-corrected chi connectivity index (χ3v) is 6.70. The molecule has 5 nitrogen and oxygen atoms in total. The van der Waals surface area contributed by atoms with E-state index in [4.69, 9.17) is 9.72 Å². The van der Waals surface area contributed by atoms with Gasteiger partial charge in [0.2, 0.25) is 0 Å². The Bertz CT molecular complexity index is 901. The SMILES string of the molecule is CCc1ccc2nc(N(CCN3CCOCC3)C(=O)c3cccs3)sc2c1. The Balaban J connectivity index is 1.61. The normalized spacial score (nSPS) is 15.3. The minimum Gasteiger partial charge on any atom is -0.379 e. The Morgan fingerprint density at radius 1 is 1.30 bits per heavy atom. The van der Waals surface area contributed by atoms with Crippen molar-refractivity contribution >= 4 is 43.9 Å². The first-order chi connectivity index (χ1) is 13.2. The number of carbonyl (C=O) groups is 1. The van der Waals surface area contributed by atoms with Crippen molar-refractivity contribution < 1.29 is 9.53 Å². The lowest BCUT2D eigenvalue weighted by molar-refractivity contribution is 0.0391. The summed E-state index contributed by atoms with van der Waals surface area (Å²) in [6.45, 7) is 6.98. The third-order valence-electron chi connectivity index (χ3n) is 4.80. The molecule has 142 valence electrons. The van der Waals surface area contributed by atoms with Gasteiger partial charge in [-0.15, -0.1) is 11.3 Å². The molecule has 3 aromatic rings. The van der Waals surface area contributed by atoms with Crippen LogP contribution in [0.1, 0.15) is 22.2 Å². The third kappa shape index (κ3) is 4.21. The van der Waals surface area contributed by atoms with E-state index in [1.165, 1.54) is 16.9 Å². The summed E-state index contributed by atoms with van der Waals surface area (Å²) in [4.78, 5) is 22.9. The zero-order chi connectivity index (χ0) is 18.6. The molecule has 1 fully saturated rings. The van der Waals surface area contributed by atoms with E-state index in [-0.39, 0.29) is 5.91 Å². The van der Waals surface area contributed by atoms with Crippen molar-refractivity contribution in [3.8, 4) is 0 Å². The molecule has 27 heavy (non-hydrogen) atoms. The van der Waals surface area contributed by atoms with Crippen LogP contribution in [-0.2, 0) is 11.2 Å². The van der Waals surface area contributed by atoms with E-state index < -0.39 is 0 Å². The topological polar surface area (TPSA) is 45.7 Å². The lowest BCUT2D eigenvalue weighted by Gasteiger charge is -2.29. The molecule has 0 aliphatic carbocycles. The van der Waals surface area contributed by atoms with Gasteiger partial charge in [0.1, 0.15) is 0 Å². The van der Waals surface area contributed by atoms with Crippen LogP contribution < -0.4 is 4.90 Å². The van der Waals surface area contributed by atoms with Gasteiger partial charge in [-0.05, 0) is 35.6 Å². The molecule has 4 rings (SSSR count). The van der Waals surface area contributed by atoms with Crippen LogP contribution in [0.25, 0.3) is 10.2 Å². The average Bonchev–Trinajstić information content (AvgIpc) is 3.38. The van der Waals surface area contributed by atoms with Crippen LogP contribution in [0.5, 0.6) is 0 Å². The van der Waals surface area contributed by atoms with Crippen molar-refractivity contribution in [2.45, 2.75) is 13.3 Å². The van der Waals surface area contributed by atoms with Gasteiger partial charge in [0.05, 0.1) is 28.3 Å². The summed E-state index contributed by atoms with van der Waals surface area (Å²) in [5, 5.41) is 2.73. The number of fused-ring (bicyclic) bond motifs is 1. The molecular formula is C20H23N3O2S2. The van der Waals surface area contributed by atoms with Gasteiger partial charge in [0.15, 0.2) is 5.13 Å². The first-order valence-corrected chi connectivity index (χ1v) is 11.0. The second kappa shape index (κ2) is 8.48. The molecule has 1 aromatic carbocycles. The number of thiophene rings is 1. The van der Waals surface area contributed by atoms with Crippen molar-refractivity contribution in [2.24, 2.45) is 0 Å². The molecule has 1 amide bonds. The minimum atomic E-state index is 0.0352. The highest BCUT2D eigenvalue weighted by atomic mass is 32.1. The Hall–Kier alpha value is -1.80. The van der Waals surface area contributed by atoms with Gasteiger partial charge in [-0.2, -0.15) is 0 Å². The fraction of sp³-hybridized carbons (Fsp3) is 0.400. The molecule has 1 aliphatic rings. The van der Waals surface area contributed by atoms with Crippen LogP contribution in [0.3, 0.4) is 0 Å². The highest BCUT2D eigenvalue weighted by Crippen LogP contribution is 2.31. The van der Waals surface area contributed by atoms with Crippen molar-refractivity contribution in [2.75, 3.05) is 44.3 Å². The number of thiazole rings is 1. The maximum Gasteiger partial charge on any atom is 0.270 e. The van der Waals surface area contributed by atoms with E-state index in [9.17, 15) is 4.79 Å². The Kier molecular flexibility index (Phi) is 5.83.